The van der Waals surface area contributed by atoms with Crippen molar-refractivity contribution >= 4 is 27.0 Å². The van der Waals surface area contributed by atoms with Crippen LogP contribution in [0.1, 0.15) is 36.7 Å². The van der Waals surface area contributed by atoms with Gasteiger partial charge in [0.05, 0.1) is 15.9 Å². The highest BCUT2D eigenvalue weighted by atomic mass is 32.2. The third-order valence-electron chi connectivity index (χ3n) is 6.73. The zero-order chi connectivity index (χ0) is 25.5. The highest BCUT2D eigenvalue weighted by molar-refractivity contribution is 7.89. The first-order valence-corrected chi connectivity index (χ1v) is 13.5. The second-order valence-electron chi connectivity index (χ2n) is 10.1. The van der Waals surface area contributed by atoms with Crippen LogP contribution in [-0.2, 0) is 15.4 Å². The van der Waals surface area contributed by atoms with Crippen molar-refractivity contribution in [3.05, 3.63) is 90.3 Å². The van der Waals surface area contributed by atoms with Gasteiger partial charge in [0.2, 0.25) is 10.0 Å². The predicted octanol–water partition coefficient (Wildman–Crippen LogP) is 4.47. The van der Waals surface area contributed by atoms with Gasteiger partial charge in [-0.3, -0.25) is 9.36 Å². The number of benzene rings is 3. The van der Waals surface area contributed by atoms with E-state index in [2.05, 4.69) is 25.8 Å². The molecule has 8 heteroatoms. The van der Waals surface area contributed by atoms with Crippen molar-refractivity contribution in [1.82, 2.24) is 18.8 Å². The van der Waals surface area contributed by atoms with Gasteiger partial charge in [0, 0.05) is 37.4 Å². The van der Waals surface area contributed by atoms with Crippen molar-refractivity contribution < 1.29 is 13.2 Å². The molecule has 5 rings (SSSR count). The lowest BCUT2D eigenvalue weighted by atomic mass is 9.87. The lowest BCUT2D eigenvalue weighted by molar-refractivity contribution is 0.0698. The Morgan fingerprint density at radius 2 is 1.47 bits per heavy atom. The van der Waals surface area contributed by atoms with Gasteiger partial charge in [0.1, 0.15) is 6.33 Å². The molecule has 0 atom stereocenters. The smallest absolute Gasteiger partial charge is 0.253 e. The van der Waals surface area contributed by atoms with E-state index >= 15 is 0 Å². The van der Waals surface area contributed by atoms with Crippen LogP contribution in [0.15, 0.2) is 84.0 Å². The standard InChI is InChI=1S/C28H30N4O3S/c1-28(2,3)22-10-14-24(15-11-22)36(34,35)31-18-16-30(17-19-31)27(33)21-8-12-23(13-9-21)32-20-29-25-6-4-5-7-26(25)32/h4-15,20H,16-19H2,1-3H3. The van der Waals surface area contributed by atoms with Crippen LogP contribution in [0.3, 0.4) is 0 Å². The summed E-state index contributed by atoms with van der Waals surface area (Å²) in [5.74, 6) is -0.0939. The van der Waals surface area contributed by atoms with E-state index in [-0.39, 0.29) is 29.3 Å². The van der Waals surface area contributed by atoms with Crippen molar-refractivity contribution in [1.29, 1.82) is 0 Å². The summed E-state index contributed by atoms with van der Waals surface area (Å²) in [6.07, 6.45) is 1.78. The van der Waals surface area contributed by atoms with Gasteiger partial charge in [-0.15, -0.1) is 0 Å². The van der Waals surface area contributed by atoms with Crippen LogP contribution in [0, 0.1) is 0 Å². The predicted molar refractivity (Wildman–Crippen MR) is 141 cm³/mol. The Hall–Kier alpha value is -3.49. The number of carbonyl (C=O) groups is 1. The van der Waals surface area contributed by atoms with E-state index in [1.54, 1.807) is 23.4 Å². The molecule has 0 spiro atoms. The molecule has 1 aliphatic rings. The molecular formula is C28H30N4O3S. The van der Waals surface area contributed by atoms with Crippen LogP contribution < -0.4 is 0 Å². The van der Waals surface area contributed by atoms with Gasteiger partial charge in [0.15, 0.2) is 0 Å². The highest BCUT2D eigenvalue weighted by Gasteiger charge is 2.30. The summed E-state index contributed by atoms with van der Waals surface area (Å²) in [5, 5.41) is 0. The molecule has 3 aromatic carbocycles. The minimum Gasteiger partial charge on any atom is -0.336 e. The number of amides is 1. The number of nitrogens with zero attached hydrogens (tertiary/aromatic N) is 4. The molecule has 0 bridgehead atoms. The fourth-order valence-electron chi connectivity index (χ4n) is 4.52. The maximum Gasteiger partial charge on any atom is 0.253 e. The average Bonchev–Trinajstić information content (AvgIpc) is 3.32. The molecule has 0 radical (unpaired) electrons. The van der Waals surface area contributed by atoms with Gasteiger partial charge in [-0.2, -0.15) is 4.31 Å². The third-order valence-corrected chi connectivity index (χ3v) is 8.64. The molecule has 1 amide bonds. The quantitative estimate of drug-likeness (QED) is 0.413. The minimum atomic E-state index is -3.60. The zero-order valence-corrected chi connectivity index (χ0v) is 21.6. The van der Waals surface area contributed by atoms with E-state index in [9.17, 15) is 13.2 Å². The molecule has 4 aromatic rings. The van der Waals surface area contributed by atoms with Gasteiger partial charge in [-0.25, -0.2) is 13.4 Å². The number of para-hydroxylation sites is 2. The highest BCUT2D eigenvalue weighted by Crippen LogP contribution is 2.25. The summed E-state index contributed by atoms with van der Waals surface area (Å²) in [6.45, 7) is 7.54. The first-order chi connectivity index (χ1) is 17.1. The largest absolute Gasteiger partial charge is 0.336 e. The summed E-state index contributed by atoms with van der Waals surface area (Å²) in [4.78, 5) is 19.5. The van der Waals surface area contributed by atoms with Gasteiger partial charge in [-0.05, 0) is 59.5 Å². The monoisotopic (exact) mass is 502 g/mol. The fourth-order valence-corrected chi connectivity index (χ4v) is 5.94. The van der Waals surface area contributed by atoms with Crippen molar-refractivity contribution in [3.8, 4) is 5.69 Å². The Labute approximate surface area is 212 Å². The Morgan fingerprint density at radius 1 is 0.833 bits per heavy atom. The second kappa shape index (κ2) is 9.19. The van der Waals surface area contributed by atoms with Crippen LogP contribution >= 0.6 is 0 Å². The normalized spacial score (nSPS) is 15.4. The number of hydrogen-bond acceptors (Lipinski definition) is 4. The Kier molecular flexibility index (Phi) is 6.18. The Morgan fingerprint density at radius 3 is 2.11 bits per heavy atom. The molecule has 0 N–H and O–H groups in total. The fraction of sp³-hybridized carbons (Fsp3) is 0.286. The van der Waals surface area contributed by atoms with Gasteiger partial charge in [0.25, 0.3) is 5.91 Å². The minimum absolute atomic E-state index is 0.0426. The SMILES string of the molecule is CC(C)(C)c1ccc(S(=O)(=O)N2CCN(C(=O)c3ccc(-n4cnc5ccccc54)cc3)CC2)cc1. The lowest BCUT2D eigenvalue weighted by Crippen LogP contribution is -2.50. The topological polar surface area (TPSA) is 75.5 Å². The molecule has 7 nitrogen and oxygen atoms in total. The van der Waals surface area contributed by atoms with E-state index in [4.69, 9.17) is 0 Å². The molecule has 1 fully saturated rings. The number of fused-ring (bicyclic) bond motifs is 1. The molecule has 1 aliphatic heterocycles. The maximum absolute atomic E-state index is 13.2. The Bertz CT molecular complexity index is 1490. The number of piperazine rings is 1. The average molecular weight is 503 g/mol. The molecule has 0 aliphatic carbocycles. The van der Waals surface area contributed by atoms with Gasteiger partial charge >= 0.3 is 0 Å². The van der Waals surface area contributed by atoms with E-state index in [0.717, 1.165) is 22.3 Å². The van der Waals surface area contributed by atoms with E-state index < -0.39 is 10.0 Å². The summed E-state index contributed by atoms with van der Waals surface area (Å²) in [6, 6.07) is 22.4. The van der Waals surface area contributed by atoms with Crippen LogP contribution in [-0.4, -0.2) is 59.3 Å². The van der Waals surface area contributed by atoms with Crippen LogP contribution in [0.5, 0.6) is 0 Å². The molecule has 1 aromatic heterocycles. The number of imidazole rings is 1. The number of aromatic nitrogens is 2. The van der Waals surface area contributed by atoms with E-state index in [0.29, 0.717) is 18.7 Å². The van der Waals surface area contributed by atoms with Crippen molar-refractivity contribution in [3.63, 3.8) is 0 Å². The van der Waals surface area contributed by atoms with Crippen LogP contribution in [0.2, 0.25) is 0 Å². The summed E-state index contributed by atoms with van der Waals surface area (Å²) in [5.41, 5.74) is 4.46. The number of carbonyl (C=O) groups excluding carboxylic acids is 1. The third kappa shape index (κ3) is 4.54. The molecule has 0 saturated carbocycles. The van der Waals surface area contributed by atoms with Crippen LogP contribution in [0.4, 0.5) is 0 Å². The number of rotatable bonds is 4. The maximum atomic E-state index is 13.2. The molecular weight excluding hydrogens is 472 g/mol. The molecule has 1 saturated heterocycles. The summed E-state index contributed by atoms with van der Waals surface area (Å²) in [7, 11) is -3.60. The van der Waals surface area contributed by atoms with Gasteiger partial charge < -0.3 is 4.90 Å². The lowest BCUT2D eigenvalue weighted by Gasteiger charge is -2.34. The number of sulfonamides is 1. The summed E-state index contributed by atoms with van der Waals surface area (Å²) < 4.78 is 29.8. The van der Waals surface area contributed by atoms with E-state index in [1.807, 2.05) is 65.2 Å². The van der Waals surface area contributed by atoms with Crippen molar-refractivity contribution in [2.24, 2.45) is 0 Å². The molecule has 2 heterocycles. The molecule has 0 unspecified atom stereocenters. The zero-order valence-electron chi connectivity index (χ0n) is 20.8. The summed E-state index contributed by atoms with van der Waals surface area (Å²) >= 11 is 0. The molecule has 186 valence electrons. The first kappa shape index (κ1) is 24.2. The van der Waals surface area contributed by atoms with Gasteiger partial charge in [-0.1, -0.05) is 45.0 Å². The van der Waals surface area contributed by atoms with Crippen molar-refractivity contribution in [2.75, 3.05) is 26.2 Å². The van der Waals surface area contributed by atoms with E-state index in [1.165, 1.54) is 4.31 Å². The molecule has 36 heavy (non-hydrogen) atoms. The van der Waals surface area contributed by atoms with Crippen LogP contribution in [0.25, 0.3) is 16.7 Å². The number of hydrogen-bond donors (Lipinski definition) is 0. The van der Waals surface area contributed by atoms with Crippen molar-refractivity contribution in [2.45, 2.75) is 31.1 Å². The Balaban J connectivity index is 1.25. The first-order valence-electron chi connectivity index (χ1n) is 12.1. The second-order valence-corrected chi connectivity index (χ2v) is 12.1.